The molecule has 0 spiro atoms. The van der Waals surface area contributed by atoms with Crippen LogP contribution >= 0.6 is 0 Å². The van der Waals surface area contributed by atoms with Gasteiger partial charge in [0.2, 0.25) is 0 Å². The Kier molecular flexibility index (Phi) is 4.45. The first-order valence-corrected chi connectivity index (χ1v) is 10.0. The molecule has 0 saturated heterocycles. The van der Waals surface area contributed by atoms with E-state index < -0.39 is 0 Å². The van der Waals surface area contributed by atoms with Crippen LogP contribution in [0.4, 0.5) is 5.69 Å². The van der Waals surface area contributed by atoms with Gasteiger partial charge < -0.3 is 10.6 Å². The molecule has 0 radical (unpaired) electrons. The molecule has 2 N–H and O–H groups in total. The maximum atomic E-state index is 12.5. The number of amides is 1. The highest BCUT2D eigenvalue weighted by molar-refractivity contribution is 6.04. The van der Waals surface area contributed by atoms with E-state index in [0.717, 1.165) is 17.3 Å². The van der Waals surface area contributed by atoms with Crippen LogP contribution in [0.5, 0.6) is 0 Å². The molecule has 5 nitrogen and oxygen atoms in total. The Morgan fingerprint density at radius 2 is 1.86 bits per heavy atom. The summed E-state index contributed by atoms with van der Waals surface area (Å²) in [6.45, 7) is 1.18. The Hall–Kier alpha value is -2.92. The lowest BCUT2D eigenvalue weighted by Crippen LogP contribution is -2.20. The van der Waals surface area contributed by atoms with E-state index in [9.17, 15) is 4.79 Å². The summed E-state index contributed by atoms with van der Waals surface area (Å²) in [6, 6.07) is 18.2. The molecule has 0 unspecified atom stereocenters. The fraction of sp³-hybridized carbons (Fsp3) is 0.304. The molecule has 1 heterocycles. The van der Waals surface area contributed by atoms with Crippen LogP contribution in [0.1, 0.15) is 41.1 Å². The fourth-order valence-electron chi connectivity index (χ4n) is 3.63. The summed E-state index contributed by atoms with van der Waals surface area (Å²) in [5, 5.41) is 10.9. The first-order valence-electron chi connectivity index (χ1n) is 10.0. The minimum Gasteiger partial charge on any atom is -0.322 e. The average Bonchev–Trinajstić information content (AvgIpc) is 3.64. The molecule has 2 aliphatic carbocycles. The SMILES string of the molecule is O=C(Nc1ccc([C@@H]2C[C@H]2NCC2CC2)cc1)c1ccc(-n2cccn2)cc1. The van der Waals surface area contributed by atoms with E-state index >= 15 is 0 Å². The number of nitrogens with one attached hydrogen (secondary N) is 2. The van der Waals surface area contributed by atoms with Crippen LogP contribution in [0.3, 0.4) is 0 Å². The summed E-state index contributed by atoms with van der Waals surface area (Å²) < 4.78 is 1.77. The van der Waals surface area contributed by atoms with Crippen LogP contribution in [0.25, 0.3) is 5.69 Å². The van der Waals surface area contributed by atoms with Gasteiger partial charge in [-0.05, 0) is 79.8 Å². The van der Waals surface area contributed by atoms with Crippen molar-refractivity contribution < 1.29 is 4.79 Å². The van der Waals surface area contributed by atoms with Crippen molar-refractivity contribution >= 4 is 11.6 Å². The summed E-state index contributed by atoms with van der Waals surface area (Å²) in [5.74, 6) is 1.45. The third kappa shape index (κ3) is 3.85. The number of hydrogen-bond donors (Lipinski definition) is 2. The zero-order chi connectivity index (χ0) is 18.9. The number of anilines is 1. The predicted molar refractivity (Wildman–Crippen MR) is 110 cm³/mol. The quantitative estimate of drug-likeness (QED) is 0.659. The number of aromatic nitrogens is 2. The molecule has 142 valence electrons. The van der Waals surface area contributed by atoms with Crippen LogP contribution in [0.15, 0.2) is 67.0 Å². The number of benzene rings is 2. The van der Waals surface area contributed by atoms with Crippen molar-refractivity contribution in [1.82, 2.24) is 15.1 Å². The Labute approximate surface area is 164 Å². The molecule has 2 saturated carbocycles. The summed E-state index contributed by atoms with van der Waals surface area (Å²) in [6.07, 6.45) is 7.62. The van der Waals surface area contributed by atoms with Crippen molar-refractivity contribution in [3.05, 3.63) is 78.1 Å². The van der Waals surface area contributed by atoms with Gasteiger partial charge in [-0.2, -0.15) is 5.10 Å². The lowest BCUT2D eigenvalue weighted by Gasteiger charge is -2.08. The largest absolute Gasteiger partial charge is 0.322 e. The van der Waals surface area contributed by atoms with E-state index in [4.69, 9.17) is 0 Å². The molecule has 5 rings (SSSR count). The summed E-state index contributed by atoms with van der Waals surface area (Å²) in [4.78, 5) is 12.5. The molecular weight excluding hydrogens is 348 g/mol. The zero-order valence-electron chi connectivity index (χ0n) is 15.7. The number of nitrogens with zero attached hydrogens (tertiary/aromatic N) is 2. The van der Waals surface area contributed by atoms with Crippen LogP contribution in [-0.2, 0) is 0 Å². The van der Waals surface area contributed by atoms with Crippen LogP contribution in [0, 0.1) is 5.92 Å². The zero-order valence-corrected chi connectivity index (χ0v) is 15.7. The van der Waals surface area contributed by atoms with Crippen molar-refractivity contribution in [3.8, 4) is 5.69 Å². The molecule has 5 heteroatoms. The van der Waals surface area contributed by atoms with Gasteiger partial charge in [-0.25, -0.2) is 4.68 Å². The number of carbonyl (C=O) groups is 1. The minimum absolute atomic E-state index is 0.102. The molecule has 0 bridgehead atoms. The van der Waals surface area contributed by atoms with E-state index in [-0.39, 0.29) is 5.91 Å². The van der Waals surface area contributed by atoms with E-state index in [1.165, 1.54) is 31.4 Å². The second-order valence-electron chi connectivity index (χ2n) is 7.87. The number of hydrogen-bond acceptors (Lipinski definition) is 3. The normalized spacial score (nSPS) is 20.7. The highest BCUT2D eigenvalue weighted by Crippen LogP contribution is 2.41. The number of rotatable bonds is 7. The topological polar surface area (TPSA) is 59.0 Å². The lowest BCUT2D eigenvalue weighted by molar-refractivity contribution is 0.102. The average molecular weight is 372 g/mol. The first kappa shape index (κ1) is 17.2. The van der Waals surface area contributed by atoms with E-state index in [2.05, 4.69) is 27.9 Å². The Morgan fingerprint density at radius 1 is 1.07 bits per heavy atom. The highest BCUT2D eigenvalue weighted by atomic mass is 16.1. The van der Waals surface area contributed by atoms with Crippen LogP contribution in [-0.4, -0.2) is 28.3 Å². The van der Waals surface area contributed by atoms with Gasteiger partial charge in [0.1, 0.15) is 0 Å². The molecule has 2 fully saturated rings. The maximum absolute atomic E-state index is 12.5. The molecule has 28 heavy (non-hydrogen) atoms. The summed E-state index contributed by atoms with van der Waals surface area (Å²) >= 11 is 0. The molecule has 2 aliphatic rings. The van der Waals surface area contributed by atoms with Gasteiger partial charge in [0.25, 0.3) is 5.91 Å². The molecular formula is C23H24N4O. The fourth-order valence-corrected chi connectivity index (χ4v) is 3.63. The second kappa shape index (κ2) is 7.24. The van der Waals surface area contributed by atoms with Crippen molar-refractivity contribution in [2.75, 3.05) is 11.9 Å². The van der Waals surface area contributed by atoms with Crippen molar-refractivity contribution in [2.24, 2.45) is 5.92 Å². The van der Waals surface area contributed by atoms with Crippen LogP contribution in [0.2, 0.25) is 0 Å². The second-order valence-corrected chi connectivity index (χ2v) is 7.87. The summed E-state index contributed by atoms with van der Waals surface area (Å²) in [7, 11) is 0. The summed E-state index contributed by atoms with van der Waals surface area (Å²) in [5.41, 5.74) is 3.75. The first-order chi connectivity index (χ1) is 13.8. The van der Waals surface area contributed by atoms with Crippen molar-refractivity contribution in [3.63, 3.8) is 0 Å². The van der Waals surface area contributed by atoms with E-state index in [0.29, 0.717) is 17.5 Å². The van der Waals surface area contributed by atoms with E-state index in [1.54, 1.807) is 10.9 Å². The van der Waals surface area contributed by atoms with Gasteiger partial charge in [-0.3, -0.25) is 4.79 Å². The molecule has 1 aromatic heterocycles. The minimum atomic E-state index is -0.102. The third-order valence-electron chi connectivity index (χ3n) is 5.65. The monoisotopic (exact) mass is 372 g/mol. The van der Waals surface area contributed by atoms with Gasteiger partial charge >= 0.3 is 0 Å². The van der Waals surface area contributed by atoms with Crippen molar-refractivity contribution in [1.29, 1.82) is 0 Å². The Balaban J connectivity index is 1.17. The van der Waals surface area contributed by atoms with Gasteiger partial charge in [0.05, 0.1) is 5.69 Å². The molecule has 3 aromatic rings. The Bertz CT molecular complexity index is 943. The molecule has 0 aliphatic heterocycles. The predicted octanol–water partition coefficient (Wildman–Crippen LogP) is 3.98. The molecule has 2 atom stereocenters. The standard InChI is InChI=1S/C23H24N4O/c28-23(18-6-10-20(11-7-18)27-13-1-12-25-27)26-19-8-4-17(5-9-19)21-14-22(21)24-15-16-2-3-16/h1,4-13,16,21-22,24H,2-3,14-15H2,(H,26,28)/t21-,22+/m0/s1. The molecule has 2 aromatic carbocycles. The lowest BCUT2D eigenvalue weighted by atomic mass is 10.1. The maximum Gasteiger partial charge on any atom is 0.255 e. The molecule has 1 amide bonds. The van der Waals surface area contributed by atoms with Crippen molar-refractivity contribution in [2.45, 2.75) is 31.2 Å². The highest BCUT2D eigenvalue weighted by Gasteiger charge is 2.38. The smallest absolute Gasteiger partial charge is 0.255 e. The van der Waals surface area contributed by atoms with E-state index in [1.807, 2.05) is 48.7 Å². The van der Waals surface area contributed by atoms with Gasteiger partial charge in [0.15, 0.2) is 0 Å². The van der Waals surface area contributed by atoms with Crippen LogP contribution < -0.4 is 10.6 Å². The van der Waals surface area contributed by atoms with Gasteiger partial charge in [-0.1, -0.05) is 12.1 Å². The van der Waals surface area contributed by atoms with Gasteiger partial charge in [-0.15, -0.1) is 0 Å². The Morgan fingerprint density at radius 3 is 2.54 bits per heavy atom. The van der Waals surface area contributed by atoms with Gasteiger partial charge in [0, 0.05) is 35.6 Å². The number of carbonyl (C=O) groups excluding carboxylic acids is 1. The third-order valence-corrected chi connectivity index (χ3v) is 5.65.